The van der Waals surface area contributed by atoms with Gasteiger partial charge in [-0.2, -0.15) is 0 Å². The van der Waals surface area contributed by atoms with Crippen LogP contribution in [0.25, 0.3) is 11.1 Å². The van der Waals surface area contributed by atoms with Crippen LogP contribution in [0.1, 0.15) is 44.0 Å². The lowest BCUT2D eigenvalue weighted by Gasteiger charge is -2.25. The van der Waals surface area contributed by atoms with Crippen molar-refractivity contribution in [3.8, 4) is 11.1 Å². The number of pyridine rings is 1. The molecule has 3 rings (SSSR count). The molecule has 1 atom stereocenters. The molecule has 0 aliphatic heterocycles. The molecule has 0 saturated heterocycles. The van der Waals surface area contributed by atoms with Crippen LogP contribution in [0.2, 0.25) is 0 Å². The molecular weight excluding hydrogens is 398 g/mol. The molecule has 166 valence electrons. The van der Waals surface area contributed by atoms with E-state index in [1.807, 2.05) is 72.8 Å². The van der Waals surface area contributed by atoms with Gasteiger partial charge in [0.05, 0.1) is 12.2 Å². The Kier molecular flexibility index (Phi) is 8.14. The number of carbonyl (C=O) groups is 2. The Bertz CT molecular complexity index is 1000. The third kappa shape index (κ3) is 6.51. The van der Waals surface area contributed by atoms with Crippen molar-refractivity contribution in [2.45, 2.75) is 39.3 Å². The van der Waals surface area contributed by atoms with E-state index in [4.69, 9.17) is 0 Å². The average molecular weight is 430 g/mol. The van der Waals surface area contributed by atoms with Crippen LogP contribution in [0.15, 0.2) is 79.0 Å². The molecule has 2 amide bonds. The van der Waals surface area contributed by atoms with E-state index in [2.05, 4.69) is 24.1 Å². The maximum absolute atomic E-state index is 13.4. The second-order valence-corrected chi connectivity index (χ2v) is 8.44. The lowest BCUT2D eigenvalue weighted by atomic mass is 9.99. The monoisotopic (exact) mass is 429 g/mol. The van der Waals surface area contributed by atoms with Crippen LogP contribution in [-0.4, -0.2) is 28.7 Å². The molecule has 32 heavy (non-hydrogen) atoms. The van der Waals surface area contributed by atoms with Crippen molar-refractivity contribution in [3.63, 3.8) is 0 Å². The first-order valence-electron chi connectivity index (χ1n) is 11.0. The third-order valence-corrected chi connectivity index (χ3v) is 5.35. The van der Waals surface area contributed by atoms with Crippen molar-refractivity contribution in [3.05, 3.63) is 90.3 Å². The molecule has 5 heteroatoms. The zero-order valence-corrected chi connectivity index (χ0v) is 19.0. The molecule has 1 N–H and O–H groups in total. The number of benzene rings is 2. The highest BCUT2D eigenvalue weighted by Crippen LogP contribution is 2.23. The zero-order valence-electron chi connectivity index (χ0n) is 19.0. The number of aromatic nitrogens is 1. The second-order valence-electron chi connectivity index (χ2n) is 8.44. The van der Waals surface area contributed by atoms with Gasteiger partial charge in [0.2, 0.25) is 11.8 Å². The van der Waals surface area contributed by atoms with Crippen molar-refractivity contribution in [2.24, 2.45) is 5.92 Å². The number of hydrogen-bond acceptors (Lipinski definition) is 3. The van der Waals surface area contributed by atoms with Gasteiger partial charge in [-0.25, -0.2) is 0 Å². The molecule has 0 aliphatic rings. The average Bonchev–Trinajstić information content (AvgIpc) is 2.82. The summed E-state index contributed by atoms with van der Waals surface area (Å²) in [4.78, 5) is 31.9. The van der Waals surface area contributed by atoms with E-state index in [0.29, 0.717) is 18.9 Å². The van der Waals surface area contributed by atoms with Gasteiger partial charge in [0.15, 0.2) is 0 Å². The predicted molar refractivity (Wildman–Crippen MR) is 128 cm³/mol. The zero-order chi connectivity index (χ0) is 22.9. The molecule has 3 aromatic rings. The van der Waals surface area contributed by atoms with E-state index in [1.54, 1.807) is 18.1 Å². The lowest BCUT2D eigenvalue weighted by molar-refractivity contribution is -0.136. The summed E-state index contributed by atoms with van der Waals surface area (Å²) in [5.74, 6) is 0.142. The molecule has 0 fully saturated rings. The number of carbonyl (C=O) groups excluding carboxylic acids is 2. The first-order valence-corrected chi connectivity index (χ1v) is 11.0. The summed E-state index contributed by atoms with van der Waals surface area (Å²) in [6.07, 6.45) is 2.89. The molecule has 0 saturated carbocycles. The normalized spacial score (nSPS) is 11.8. The molecule has 2 aromatic carbocycles. The van der Waals surface area contributed by atoms with Crippen molar-refractivity contribution in [2.75, 3.05) is 7.05 Å². The van der Waals surface area contributed by atoms with Gasteiger partial charge in [-0.3, -0.25) is 14.6 Å². The number of rotatable bonds is 9. The molecular formula is C27H31N3O2. The van der Waals surface area contributed by atoms with Crippen LogP contribution in [-0.2, 0) is 16.1 Å². The van der Waals surface area contributed by atoms with Gasteiger partial charge >= 0.3 is 0 Å². The third-order valence-electron chi connectivity index (χ3n) is 5.35. The fraction of sp³-hybridized carbons (Fsp3) is 0.296. The van der Waals surface area contributed by atoms with Gasteiger partial charge in [0.1, 0.15) is 6.04 Å². The summed E-state index contributed by atoms with van der Waals surface area (Å²) in [6, 6.07) is 22.8. The fourth-order valence-corrected chi connectivity index (χ4v) is 3.47. The summed E-state index contributed by atoms with van der Waals surface area (Å²) >= 11 is 0. The molecule has 0 bridgehead atoms. The highest BCUT2D eigenvalue weighted by molar-refractivity contribution is 5.88. The predicted octanol–water partition coefficient (Wildman–Crippen LogP) is 5.00. The maximum atomic E-state index is 13.4. The summed E-state index contributed by atoms with van der Waals surface area (Å²) in [5, 5.41) is 2.96. The van der Waals surface area contributed by atoms with Gasteiger partial charge in [-0.15, -0.1) is 0 Å². The molecule has 5 nitrogen and oxygen atoms in total. The summed E-state index contributed by atoms with van der Waals surface area (Å²) in [7, 11) is 1.74. The van der Waals surface area contributed by atoms with E-state index in [9.17, 15) is 9.59 Å². The van der Waals surface area contributed by atoms with E-state index in [0.717, 1.165) is 28.8 Å². The van der Waals surface area contributed by atoms with Crippen molar-refractivity contribution in [1.29, 1.82) is 0 Å². The van der Waals surface area contributed by atoms with Crippen LogP contribution in [0.4, 0.5) is 0 Å². The Morgan fingerprint density at radius 2 is 1.56 bits per heavy atom. The standard InChI is InChI=1S/C27H31N3O2/c1-20(2)12-17-25(31)29-26(27(32)30(3)19-24-11-7-8-18-28-24)23-15-13-22(14-16-23)21-9-5-4-6-10-21/h4-11,13-16,18,20,26H,12,17,19H2,1-3H3,(H,29,31)/t26-/m0/s1. The fourth-order valence-electron chi connectivity index (χ4n) is 3.47. The molecule has 0 aliphatic carbocycles. The number of likely N-dealkylation sites (N-methyl/N-ethyl adjacent to an activating group) is 1. The smallest absolute Gasteiger partial charge is 0.249 e. The van der Waals surface area contributed by atoms with Crippen molar-refractivity contribution < 1.29 is 9.59 Å². The van der Waals surface area contributed by atoms with Crippen LogP contribution in [0.3, 0.4) is 0 Å². The van der Waals surface area contributed by atoms with E-state index >= 15 is 0 Å². The molecule has 0 radical (unpaired) electrons. The number of nitrogens with one attached hydrogen (secondary N) is 1. The first kappa shape index (κ1) is 23.2. The molecule has 0 unspecified atom stereocenters. The number of amides is 2. The Balaban J connectivity index is 1.81. The highest BCUT2D eigenvalue weighted by atomic mass is 16.2. The quantitative estimate of drug-likeness (QED) is 0.521. The molecule has 0 spiro atoms. The van der Waals surface area contributed by atoms with E-state index in [-0.39, 0.29) is 11.8 Å². The Morgan fingerprint density at radius 3 is 2.19 bits per heavy atom. The Morgan fingerprint density at radius 1 is 0.906 bits per heavy atom. The minimum atomic E-state index is -0.742. The van der Waals surface area contributed by atoms with Crippen LogP contribution in [0.5, 0.6) is 0 Å². The first-order chi connectivity index (χ1) is 15.4. The topological polar surface area (TPSA) is 62.3 Å². The number of nitrogens with zero attached hydrogens (tertiary/aromatic N) is 2. The molecule has 1 heterocycles. The van der Waals surface area contributed by atoms with E-state index < -0.39 is 6.04 Å². The van der Waals surface area contributed by atoms with Gasteiger partial charge in [0, 0.05) is 19.7 Å². The van der Waals surface area contributed by atoms with Crippen LogP contribution in [0, 0.1) is 5.92 Å². The minimum absolute atomic E-state index is 0.115. The maximum Gasteiger partial charge on any atom is 0.249 e. The molecule has 1 aromatic heterocycles. The van der Waals surface area contributed by atoms with Crippen molar-refractivity contribution >= 4 is 11.8 Å². The summed E-state index contributed by atoms with van der Waals surface area (Å²) in [6.45, 7) is 4.54. The Labute approximate surface area is 190 Å². The lowest BCUT2D eigenvalue weighted by Crippen LogP contribution is -2.41. The van der Waals surface area contributed by atoms with E-state index in [1.165, 1.54) is 0 Å². The van der Waals surface area contributed by atoms with Gasteiger partial charge in [-0.1, -0.05) is 74.5 Å². The summed E-state index contributed by atoms with van der Waals surface area (Å²) < 4.78 is 0. The van der Waals surface area contributed by atoms with Crippen LogP contribution >= 0.6 is 0 Å². The summed E-state index contributed by atoms with van der Waals surface area (Å²) in [5.41, 5.74) is 3.73. The Hall–Kier alpha value is -3.47. The minimum Gasteiger partial charge on any atom is -0.341 e. The van der Waals surface area contributed by atoms with Gasteiger partial charge in [0.25, 0.3) is 0 Å². The number of hydrogen-bond donors (Lipinski definition) is 1. The highest BCUT2D eigenvalue weighted by Gasteiger charge is 2.26. The van der Waals surface area contributed by atoms with Gasteiger partial charge in [-0.05, 0) is 41.2 Å². The van der Waals surface area contributed by atoms with Crippen LogP contribution < -0.4 is 5.32 Å². The largest absolute Gasteiger partial charge is 0.341 e. The SMILES string of the molecule is CC(C)CCC(=O)N[C@H](C(=O)N(C)Cc1ccccn1)c1ccc(-c2ccccc2)cc1. The van der Waals surface area contributed by atoms with Gasteiger partial charge < -0.3 is 10.2 Å². The second kappa shape index (κ2) is 11.2. The van der Waals surface area contributed by atoms with Crippen molar-refractivity contribution in [1.82, 2.24) is 15.2 Å².